The van der Waals surface area contributed by atoms with Crippen LogP contribution in [0.25, 0.3) is 11.3 Å². The molecule has 32 heavy (non-hydrogen) atoms. The molecule has 0 fully saturated rings. The second-order valence-corrected chi connectivity index (χ2v) is 9.24. The van der Waals surface area contributed by atoms with Crippen LogP contribution in [0.1, 0.15) is 16.1 Å². The van der Waals surface area contributed by atoms with Crippen molar-refractivity contribution >= 4 is 39.2 Å². The normalized spacial score (nSPS) is 11.1. The van der Waals surface area contributed by atoms with Crippen molar-refractivity contribution in [2.45, 2.75) is 6.54 Å². The van der Waals surface area contributed by atoms with Gasteiger partial charge in [0.25, 0.3) is 5.91 Å². The highest BCUT2D eigenvalue weighted by molar-refractivity contribution is 7.92. The highest BCUT2D eigenvalue weighted by Crippen LogP contribution is 2.24. The summed E-state index contributed by atoms with van der Waals surface area (Å²) in [5, 5.41) is 0.624. The van der Waals surface area contributed by atoms with Crippen molar-refractivity contribution in [2.24, 2.45) is 0 Å². The van der Waals surface area contributed by atoms with Crippen molar-refractivity contribution in [2.75, 3.05) is 24.6 Å². The Bertz CT molecular complexity index is 1220. The second kappa shape index (κ2) is 9.88. The lowest BCUT2D eigenvalue weighted by atomic mass is 10.2. The van der Waals surface area contributed by atoms with Crippen LogP contribution in [0.5, 0.6) is 0 Å². The van der Waals surface area contributed by atoms with E-state index in [0.717, 1.165) is 11.8 Å². The van der Waals surface area contributed by atoms with Crippen LogP contribution < -0.4 is 4.72 Å². The highest BCUT2D eigenvalue weighted by Gasteiger charge is 2.16. The van der Waals surface area contributed by atoms with E-state index in [9.17, 15) is 18.0 Å². The van der Waals surface area contributed by atoms with E-state index in [2.05, 4.69) is 4.72 Å². The van der Waals surface area contributed by atoms with Gasteiger partial charge in [-0.05, 0) is 54.6 Å². The van der Waals surface area contributed by atoms with E-state index in [4.69, 9.17) is 20.8 Å². The zero-order valence-electron chi connectivity index (χ0n) is 17.4. The number of halogens is 1. The third-order valence-corrected chi connectivity index (χ3v) is 5.20. The SMILES string of the molecule is CN(Cc1ccc(-c2ccc(Cl)cc2)o1)C(=O)COC(=O)c1cccc(NS(C)(=O)=O)c1. The van der Waals surface area contributed by atoms with E-state index in [1.807, 2.05) is 12.1 Å². The average molecular weight is 477 g/mol. The minimum atomic E-state index is -3.48. The summed E-state index contributed by atoms with van der Waals surface area (Å²) in [6.45, 7) is -0.276. The maximum Gasteiger partial charge on any atom is 0.338 e. The molecule has 3 rings (SSSR count). The van der Waals surface area contributed by atoms with Crippen molar-refractivity contribution < 1.29 is 27.2 Å². The third-order valence-electron chi connectivity index (χ3n) is 4.34. The topological polar surface area (TPSA) is 106 Å². The molecule has 0 saturated carbocycles. The Balaban J connectivity index is 1.54. The molecule has 0 atom stereocenters. The molecule has 0 aliphatic heterocycles. The molecular formula is C22H21ClN2O6S. The predicted octanol–water partition coefficient (Wildman–Crippen LogP) is 3.79. The van der Waals surface area contributed by atoms with Gasteiger partial charge in [0.1, 0.15) is 11.5 Å². The van der Waals surface area contributed by atoms with E-state index < -0.39 is 28.5 Å². The molecule has 1 heterocycles. The number of likely N-dealkylation sites (N-methyl/N-ethyl adjacent to an activating group) is 1. The summed E-state index contributed by atoms with van der Waals surface area (Å²) in [6.07, 6.45) is 1.00. The predicted molar refractivity (Wildman–Crippen MR) is 121 cm³/mol. The van der Waals surface area contributed by atoms with Crippen molar-refractivity contribution in [1.29, 1.82) is 0 Å². The van der Waals surface area contributed by atoms with Gasteiger partial charge in [0.05, 0.1) is 18.4 Å². The van der Waals surface area contributed by atoms with Crippen molar-refractivity contribution in [3.05, 3.63) is 77.0 Å². The van der Waals surface area contributed by atoms with Crippen LogP contribution in [-0.2, 0) is 26.1 Å². The summed E-state index contributed by atoms with van der Waals surface area (Å²) < 4.78 is 35.8. The van der Waals surface area contributed by atoms with Crippen molar-refractivity contribution in [3.8, 4) is 11.3 Å². The fraction of sp³-hybridized carbons (Fsp3) is 0.182. The highest BCUT2D eigenvalue weighted by atomic mass is 35.5. The smallest absolute Gasteiger partial charge is 0.338 e. The molecule has 8 nitrogen and oxygen atoms in total. The number of esters is 1. The van der Waals surface area contributed by atoms with E-state index in [1.165, 1.54) is 29.2 Å². The Labute approximate surface area is 190 Å². The van der Waals surface area contributed by atoms with Gasteiger partial charge in [0.15, 0.2) is 6.61 Å². The van der Waals surface area contributed by atoms with Gasteiger partial charge in [-0.25, -0.2) is 13.2 Å². The molecule has 1 N–H and O–H groups in total. The van der Waals surface area contributed by atoms with Crippen LogP contribution in [0.3, 0.4) is 0 Å². The molecule has 168 valence electrons. The summed E-state index contributed by atoms with van der Waals surface area (Å²) in [5.41, 5.74) is 1.20. The number of nitrogens with one attached hydrogen (secondary N) is 1. The van der Waals surface area contributed by atoms with E-state index >= 15 is 0 Å². The van der Waals surface area contributed by atoms with Crippen LogP contribution >= 0.6 is 11.6 Å². The Kier molecular flexibility index (Phi) is 7.22. The minimum absolute atomic E-state index is 0.118. The van der Waals surface area contributed by atoms with Gasteiger partial charge in [-0.15, -0.1) is 0 Å². The Morgan fingerprint density at radius 1 is 1.09 bits per heavy atom. The monoisotopic (exact) mass is 476 g/mol. The van der Waals surface area contributed by atoms with E-state index in [0.29, 0.717) is 16.5 Å². The number of rotatable bonds is 8. The van der Waals surface area contributed by atoms with Crippen LogP contribution in [0.15, 0.2) is 65.1 Å². The molecule has 2 aromatic carbocycles. The molecule has 1 aromatic heterocycles. The third kappa shape index (κ3) is 6.60. The molecule has 0 spiro atoms. The summed E-state index contributed by atoms with van der Waals surface area (Å²) in [4.78, 5) is 26.0. The molecule has 3 aromatic rings. The molecule has 0 radical (unpaired) electrons. The van der Waals surface area contributed by atoms with Gasteiger partial charge < -0.3 is 14.1 Å². The number of ether oxygens (including phenoxy) is 1. The Morgan fingerprint density at radius 3 is 2.50 bits per heavy atom. The first-order valence-electron chi connectivity index (χ1n) is 9.44. The minimum Gasteiger partial charge on any atom is -0.459 e. The summed E-state index contributed by atoms with van der Waals surface area (Å²) >= 11 is 5.89. The van der Waals surface area contributed by atoms with Crippen LogP contribution in [-0.4, -0.2) is 45.1 Å². The van der Waals surface area contributed by atoms with Crippen molar-refractivity contribution in [1.82, 2.24) is 4.90 Å². The second-order valence-electron chi connectivity index (χ2n) is 7.05. The first-order valence-corrected chi connectivity index (χ1v) is 11.7. The number of sulfonamides is 1. The number of hydrogen-bond acceptors (Lipinski definition) is 6. The fourth-order valence-corrected chi connectivity index (χ4v) is 3.48. The van der Waals surface area contributed by atoms with Crippen molar-refractivity contribution in [3.63, 3.8) is 0 Å². The van der Waals surface area contributed by atoms with E-state index in [-0.39, 0.29) is 17.8 Å². The van der Waals surface area contributed by atoms with Gasteiger partial charge in [0.2, 0.25) is 10.0 Å². The van der Waals surface area contributed by atoms with Gasteiger partial charge in [-0.3, -0.25) is 9.52 Å². The zero-order chi connectivity index (χ0) is 23.3. The van der Waals surface area contributed by atoms with E-state index in [1.54, 1.807) is 31.3 Å². The lowest BCUT2D eigenvalue weighted by Crippen LogP contribution is -2.30. The zero-order valence-corrected chi connectivity index (χ0v) is 18.9. The number of hydrogen-bond donors (Lipinski definition) is 1. The molecular weight excluding hydrogens is 456 g/mol. The molecule has 10 heteroatoms. The number of anilines is 1. The summed E-state index contributed by atoms with van der Waals surface area (Å²) in [7, 11) is -1.92. The fourth-order valence-electron chi connectivity index (χ4n) is 2.80. The number of furan rings is 1. The Morgan fingerprint density at radius 2 is 1.81 bits per heavy atom. The van der Waals surface area contributed by atoms with Gasteiger partial charge >= 0.3 is 5.97 Å². The number of nitrogens with zero attached hydrogens (tertiary/aromatic N) is 1. The quantitative estimate of drug-likeness (QED) is 0.496. The van der Waals surface area contributed by atoms with Gasteiger partial charge in [0, 0.05) is 23.3 Å². The molecule has 0 saturated heterocycles. The van der Waals surface area contributed by atoms with Crippen LogP contribution in [0.4, 0.5) is 5.69 Å². The van der Waals surface area contributed by atoms with Gasteiger partial charge in [-0.1, -0.05) is 17.7 Å². The molecule has 0 unspecified atom stereocenters. The molecule has 0 aliphatic rings. The van der Waals surface area contributed by atoms with Crippen LogP contribution in [0.2, 0.25) is 5.02 Å². The number of carbonyl (C=O) groups excluding carboxylic acids is 2. The lowest BCUT2D eigenvalue weighted by Gasteiger charge is -2.15. The standard InChI is InChI=1S/C22H21ClN2O6S/c1-25(13-19-10-11-20(31-19)15-6-8-17(23)9-7-15)21(26)14-30-22(27)16-4-3-5-18(12-16)24-32(2,28)29/h3-12,24H,13-14H2,1-2H3. The number of carbonyl (C=O) groups is 2. The first-order chi connectivity index (χ1) is 15.1. The molecule has 0 bridgehead atoms. The molecule has 0 aliphatic carbocycles. The lowest BCUT2D eigenvalue weighted by molar-refractivity contribution is -0.133. The number of benzene rings is 2. The number of amides is 1. The summed E-state index contributed by atoms with van der Waals surface area (Å²) in [6, 6.07) is 16.6. The Hall–Kier alpha value is -3.30. The average Bonchev–Trinajstić information content (AvgIpc) is 3.19. The maximum absolute atomic E-state index is 12.4. The molecule has 1 amide bonds. The summed E-state index contributed by atoms with van der Waals surface area (Å²) in [5.74, 6) is 0.0448. The first kappa shape index (κ1) is 23.4. The maximum atomic E-state index is 12.4. The van der Waals surface area contributed by atoms with Gasteiger partial charge in [-0.2, -0.15) is 0 Å². The largest absolute Gasteiger partial charge is 0.459 e. The van der Waals surface area contributed by atoms with Crippen LogP contribution in [0, 0.1) is 0 Å².